The molecule has 0 radical (unpaired) electrons. The summed E-state index contributed by atoms with van der Waals surface area (Å²) in [5, 5.41) is 2.95. The van der Waals surface area contributed by atoms with Gasteiger partial charge < -0.3 is 10.1 Å². The molecule has 1 atom stereocenters. The topological polar surface area (TPSA) is 55.4 Å². The monoisotopic (exact) mass is 525 g/mol. The molecule has 0 unspecified atom stereocenters. The third-order valence-corrected chi connectivity index (χ3v) is 7.23. The Bertz CT molecular complexity index is 719. The summed E-state index contributed by atoms with van der Waals surface area (Å²) in [6, 6.07) is 8.99. The number of hydrogen-bond acceptors (Lipinski definition) is 3. The van der Waals surface area contributed by atoms with Gasteiger partial charge in [-0.15, -0.1) is 13.2 Å². The van der Waals surface area contributed by atoms with Crippen LogP contribution >= 0.6 is 0 Å². The highest BCUT2D eigenvalue weighted by Crippen LogP contribution is 2.20. The molecule has 1 aromatic rings. The highest BCUT2D eigenvalue weighted by Gasteiger charge is 2.23. The summed E-state index contributed by atoms with van der Waals surface area (Å²) in [5.41, 5.74) is 0.943. The van der Waals surface area contributed by atoms with Crippen molar-refractivity contribution in [3.05, 3.63) is 61.2 Å². The van der Waals surface area contributed by atoms with Gasteiger partial charge in [-0.25, -0.2) is 4.79 Å². The van der Waals surface area contributed by atoms with E-state index in [9.17, 15) is 9.59 Å². The van der Waals surface area contributed by atoms with Gasteiger partial charge in [-0.3, -0.25) is 4.79 Å². The normalized spacial score (nSPS) is 11.7. The number of esters is 1. The van der Waals surface area contributed by atoms with Crippen LogP contribution in [0.5, 0.6) is 0 Å². The Kier molecular flexibility index (Phi) is 21.0. The van der Waals surface area contributed by atoms with Crippen molar-refractivity contribution >= 4 is 11.9 Å². The molecule has 0 saturated heterocycles. The molecular weight excluding hydrogens is 470 g/mol. The van der Waals surface area contributed by atoms with Crippen molar-refractivity contribution in [2.45, 2.75) is 135 Å². The van der Waals surface area contributed by atoms with Crippen LogP contribution in [0.15, 0.2) is 55.6 Å². The van der Waals surface area contributed by atoms with Crippen LogP contribution in [-0.4, -0.2) is 17.9 Å². The van der Waals surface area contributed by atoms with E-state index in [4.69, 9.17) is 4.74 Å². The first kappa shape index (κ1) is 33.7. The van der Waals surface area contributed by atoms with Crippen molar-refractivity contribution in [3.63, 3.8) is 0 Å². The van der Waals surface area contributed by atoms with Crippen molar-refractivity contribution in [2.24, 2.45) is 5.92 Å². The third-order valence-electron chi connectivity index (χ3n) is 7.23. The smallest absolute Gasteiger partial charge is 0.328 e. The van der Waals surface area contributed by atoms with Crippen LogP contribution in [0.1, 0.15) is 128 Å². The molecule has 4 nitrogen and oxygen atoms in total. The molecule has 1 amide bonds. The lowest BCUT2D eigenvalue weighted by Crippen LogP contribution is -2.42. The minimum atomic E-state index is -0.639. The van der Waals surface area contributed by atoms with Gasteiger partial charge in [-0.1, -0.05) is 120 Å². The molecule has 0 aromatic heterocycles. The number of ether oxygens (including phenoxy) is 1. The fraction of sp³-hybridized carbons (Fsp3) is 0.647. The first-order valence-corrected chi connectivity index (χ1v) is 15.3. The van der Waals surface area contributed by atoms with Gasteiger partial charge in [0.25, 0.3) is 0 Å². The molecule has 214 valence electrons. The predicted octanol–water partition coefficient (Wildman–Crippen LogP) is 9.24. The molecule has 0 heterocycles. The number of rotatable bonds is 25. The zero-order valence-electron chi connectivity index (χ0n) is 24.3. The van der Waals surface area contributed by atoms with Crippen molar-refractivity contribution in [3.8, 4) is 0 Å². The standard InChI is InChI=1S/C34H55NO3/c1-4-6-8-10-12-14-16-18-23-27-32(28-24-19-17-15-13-11-9-7-5-2)33(36)35-30(3)34(37)38-29-31-25-21-20-22-26-31/h4-5,20-22,25-26,30,32H,1-2,6-19,23-24,27-29H2,3H3,(H,35,36)/t30-/m0/s1. The number of unbranched alkanes of at least 4 members (excludes halogenated alkanes) is 14. The van der Waals surface area contributed by atoms with Crippen molar-refractivity contribution in [2.75, 3.05) is 0 Å². The Labute approximate surface area is 233 Å². The lowest BCUT2D eigenvalue weighted by atomic mass is 9.93. The second-order valence-corrected chi connectivity index (χ2v) is 10.7. The van der Waals surface area contributed by atoms with Crippen LogP contribution in [0.3, 0.4) is 0 Å². The molecule has 0 bridgehead atoms. The zero-order valence-corrected chi connectivity index (χ0v) is 24.3. The quantitative estimate of drug-likeness (QED) is 0.0786. The van der Waals surface area contributed by atoms with Gasteiger partial charge in [0.2, 0.25) is 5.91 Å². The van der Waals surface area contributed by atoms with Crippen molar-refractivity contribution < 1.29 is 14.3 Å². The summed E-state index contributed by atoms with van der Waals surface area (Å²) in [5.74, 6) is -0.406. The minimum absolute atomic E-state index is 0.00279. The first-order chi connectivity index (χ1) is 18.6. The number of carbonyl (C=O) groups excluding carboxylic acids is 2. The maximum atomic E-state index is 13.1. The molecule has 0 aliphatic carbocycles. The van der Waals surface area contributed by atoms with Gasteiger partial charge in [0, 0.05) is 5.92 Å². The molecule has 1 aromatic carbocycles. The molecule has 1 N–H and O–H groups in total. The number of benzene rings is 1. The number of carbonyl (C=O) groups is 2. The zero-order chi connectivity index (χ0) is 27.7. The average Bonchev–Trinajstić information content (AvgIpc) is 2.93. The molecule has 4 heteroatoms. The number of nitrogens with one attached hydrogen (secondary N) is 1. The van der Waals surface area contributed by atoms with Gasteiger partial charge in [0.15, 0.2) is 0 Å². The Morgan fingerprint density at radius 1 is 0.737 bits per heavy atom. The van der Waals surface area contributed by atoms with E-state index in [1.165, 1.54) is 77.0 Å². The summed E-state index contributed by atoms with van der Waals surface area (Å²) in [6.45, 7) is 9.52. The minimum Gasteiger partial charge on any atom is -0.459 e. The van der Waals surface area contributed by atoms with Crippen molar-refractivity contribution in [1.29, 1.82) is 0 Å². The molecule has 0 aliphatic heterocycles. The number of hydrogen-bond donors (Lipinski definition) is 1. The van der Waals surface area contributed by atoms with E-state index in [-0.39, 0.29) is 24.4 Å². The van der Waals surface area contributed by atoms with E-state index in [1.54, 1.807) is 6.92 Å². The van der Waals surface area contributed by atoms with Crippen molar-refractivity contribution in [1.82, 2.24) is 5.32 Å². The Hall–Kier alpha value is -2.36. The van der Waals surface area contributed by atoms with E-state index in [0.717, 1.165) is 44.1 Å². The van der Waals surface area contributed by atoms with E-state index in [0.29, 0.717) is 0 Å². The summed E-state index contributed by atoms with van der Waals surface area (Å²) in [6.07, 6.45) is 25.1. The molecule has 1 rings (SSSR count). The number of allylic oxidation sites excluding steroid dienone is 2. The molecule has 0 spiro atoms. The van der Waals surface area contributed by atoms with Gasteiger partial charge in [0.05, 0.1) is 0 Å². The summed E-state index contributed by atoms with van der Waals surface area (Å²) in [4.78, 5) is 25.6. The fourth-order valence-corrected chi connectivity index (χ4v) is 4.78. The summed E-state index contributed by atoms with van der Waals surface area (Å²) < 4.78 is 5.43. The highest BCUT2D eigenvalue weighted by atomic mass is 16.5. The summed E-state index contributed by atoms with van der Waals surface area (Å²) >= 11 is 0. The van der Waals surface area contributed by atoms with Crippen LogP contribution in [0.4, 0.5) is 0 Å². The molecular formula is C34H55NO3. The van der Waals surface area contributed by atoms with Crippen LogP contribution in [0, 0.1) is 5.92 Å². The Morgan fingerprint density at radius 3 is 1.66 bits per heavy atom. The Balaban J connectivity index is 2.40. The lowest BCUT2D eigenvalue weighted by Gasteiger charge is -2.20. The predicted molar refractivity (Wildman–Crippen MR) is 161 cm³/mol. The first-order valence-electron chi connectivity index (χ1n) is 15.3. The van der Waals surface area contributed by atoms with E-state index in [2.05, 4.69) is 18.5 Å². The molecule has 0 aliphatic rings. The molecule has 0 fully saturated rings. The van der Waals surface area contributed by atoms with Gasteiger partial charge >= 0.3 is 5.97 Å². The van der Waals surface area contributed by atoms with Gasteiger partial charge in [0.1, 0.15) is 12.6 Å². The maximum Gasteiger partial charge on any atom is 0.328 e. The van der Waals surface area contributed by atoms with Crippen LogP contribution in [0.2, 0.25) is 0 Å². The van der Waals surface area contributed by atoms with Crippen LogP contribution < -0.4 is 5.32 Å². The number of amides is 1. The van der Waals surface area contributed by atoms with Crippen LogP contribution in [-0.2, 0) is 20.9 Å². The maximum absolute atomic E-state index is 13.1. The Morgan fingerprint density at radius 2 is 1.18 bits per heavy atom. The highest BCUT2D eigenvalue weighted by molar-refractivity contribution is 5.85. The average molecular weight is 526 g/mol. The second-order valence-electron chi connectivity index (χ2n) is 10.7. The largest absolute Gasteiger partial charge is 0.459 e. The van der Waals surface area contributed by atoms with Crippen LogP contribution in [0.25, 0.3) is 0 Å². The van der Waals surface area contributed by atoms with E-state index in [1.807, 2.05) is 42.5 Å². The SMILES string of the molecule is C=CCCCCCCCCCC(CCCCCCCCCC=C)C(=O)N[C@@H](C)C(=O)OCc1ccccc1. The van der Waals surface area contributed by atoms with E-state index < -0.39 is 6.04 Å². The molecule has 0 saturated carbocycles. The third kappa shape index (κ3) is 18.0. The van der Waals surface area contributed by atoms with E-state index >= 15 is 0 Å². The fourth-order valence-electron chi connectivity index (χ4n) is 4.78. The summed E-state index contributed by atoms with van der Waals surface area (Å²) in [7, 11) is 0. The van der Waals surface area contributed by atoms with Gasteiger partial charge in [-0.05, 0) is 51.0 Å². The molecule has 38 heavy (non-hydrogen) atoms. The van der Waals surface area contributed by atoms with Gasteiger partial charge in [-0.2, -0.15) is 0 Å². The lowest BCUT2D eigenvalue weighted by molar-refractivity contribution is -0.149. The second kappa shape index (κ2) is 23.7.